The summed E-state index contributed by atoms with van der Waals surface area (Å²) in [6, 6.07) is 3.82. The first kappa shape index (κ1) is 23.9. The zero-order chi connectivity index (χ0) is 19.3. The molecule has 0 spiro atoms. The van der Waals surface area contributed by atoms with Crippen LogP contribution in [-0.4, -0.2) is 51.9 Å². The molecule has 1 fully saturated rings. The van der Waals surface area contributed by atoms with Crippen molar-refractivity contribution in [1.82, 2.24) is 14.9 Å². The average molecular weight is 418 g/mol. The fourth-order valence-electron chi connectivity index (χ4n) is 3.68. The quantitative estimate of drug-likeness (QED) is 0.666. The number of amides is 1. The van der Waals surface area contributed by atoms with Crippen LogP contribution in [-0.2, 0) is 14.8 Å². The Balaban J connectivity index is 0.00000364. The standard InChI is InChI=1S/C19H31N3O3S.ClH/c1-14-12-15(2)18(16(3)13-14)26(24,25)22-10-6-17(7-11-22)19(23)21-9-5-8-20-4;/h12-13,17,20H,5-11H2,1-4H3,(H,21,23);1H. The Hall–Kier alpha value is -1.15. The zero-order valence-electron chi connectivity index (χ0n) is 16.7. The molecule has 0 atom stereocenters. The fourth-order valence-corrected chi connectivity index (χ4v) is 5.56. The largest absolute Gasteiger partial charge is 0.356 e. The second-order valence-electron chi connectivity index (χ2n) is 7.15. The summed E-state index contributed by atoms with van der Waals surface area (Å²) in [5.74, 6) is -0.0582. The molecule has 0 radical (unpaired) electrons. The topological polar surface area (TPSA) is 78.5 Å². The van der Waals surface area contributed by atoms with Crippen molar-refractivity contribution < 1.29 is 13.2 Å². The minimum atomic E-state index is -3.52. The van der Waals surface area contributed by atoms with Gasteiger partial charge in [0.2, 0.25) is 15.9 Å². The summed E-state index contributed by atoms with van der Waals surface area (Å²) in [5.41, 5.74) is 2.63. The van der Waals surface area contributed by atoms with Gasteiger partial charge in [-0.1, -0.05) is 17.7 Å². The molecule has 6 nitrogen and oxygen atoms in total. The van der Waals surface area contributed by atoms with E-state index >= 15 is 0 Å². The van der Waals surface area contributed by atoms with E-state index in [1.165, 1.54) is 4.31 Å². The van der Waals surface area contributed by atoms with E-state index in [0.717, 1.165) is 29.7 Å². The van der Waals surface area contributed by atoms with Crippen molar-refractivity contribution in [3.8, 4) is 0 Å². The molecule has 0 bridgehead atoms. The Morgan fingerprint density at radius 1 is 1.11 bits per heavy atom. The van der Waals surface area contributed by atoms with E-state index in [1.54, 1.807) is 0 Å². The lowest BCUT2D eigenvalue weighted by Crippen LogP contribution is -2.43. The summed E-state index contributed by atoms with van der Waals surface area (Å²) in [7, 11) is -1.64. The van der Waals surface area contributed by atoms with Gasteiger partial charge in [-0.05, 0) is 64.8 Å². The Bertz CT molecular complexity index is 722. The van der Waals surface area contributed by atoms with Crippen LogP contribution in [0.5, 0.6) is 0 Å². The van der Waals surface area contributed by atoms with Gasteiger partial charge in [0, 0.05) is 25.6 Å². The van der Waals surface area contributed by atoms with E-state index < -0.39 is 10.0 Å². The van der Waals surface area contributed by atoms with Gasteiger partial charge in [-0.2, -0.15) is 4.31 Å². The lowest BCUT2D eigenvalue weighted by atomic mass is 9.97. The molecule has 1 aliphatic heterocycles. The lowest BCUT2D eigenvalue weighted by molar-refractivity contribution is -0.126. The van der Waals surface area contributed by atoms with Crippen molar-refractivity contribution in [2.24, 2.45) is 5.92 Å². The molecule has 1 amide bonds. The molecule has 2 N–H and O–H groups in total. The van der Waals surface area contributed by atoms with Gasteiger partial charge in [0.05, 0.1) is 4.90 Å². The Kier molecular flexibility index (Phi) is 9.21. The van der Waals surface area contributed by atoms with Gasteiger partial charge in [-0.25, -0.2) is 8.42 Å². The van der Waals surface area contributed by atoms with Gasteiger partial charge in [0.15, 0.2) is 0 Å². The number of aryl methyl sites for hydroxylation is 3. The predicted molar refractivity (Wildman–Crippen MR) is 111 cm³/mol. The van der Waals surface area contributed by atoms with E-state index in [-0.39, 0.29) is 24.2 Å². The Labute approximate surface area is 169 Å². The maximum atomic E-state index is 13.1. The molecule has 1 aromatic carbocycles. The van der Waals surface area contributed by atoms with Gasteiger partial charge in [0.1, 0.15) is 0 Å². The van der Waals surface area contributed by atoms with Crippen LogP contribution in [0.25, 0.3) is 0 Å². The van der Waals surface area contributed by atoms with Crippen LogP contribution in [0.15, 0.2) is 17.0 Å². The first-order chi connectivity index (χ1) is 12.3. The van der Waals surface area contributed by atoms with Crippen molar-refractivity contribution in [1.29, 1.82) is 0 Å². The van der Waals surface area contributed by atoms with Gasteiger partial charge < -0.3 is 10.6 Å². The SMILES string of the molecule is CNCCCNC(=O)C1CCN(S(=O)(=O)c2c(C)cc(C)cc2C)CC1.Cl. The highest BCUT2D eigenvalue weighted by atomic mass is 35.5. The van der Waals surface area contributed by atoms with Crippen LogP contribution in [0.4, 0.5) is 0 Å². The van der Waals surface area contributed by atoms with Crippen molar-refractivity contribution in [2.75, 3.05) is 33.2 Å². The number of hydrogen-bond acceptors (Lipinski definition) is 4. The molecule has 27 heavy (non-hydrogen) atoms. The predicted octanol–water partition coefficient (Wildman–Crippen LogP) is 2.16. The smallest absolute Gasteiger partial charge is 0.243 e. The molecular formula is C19H32ClN3O3S. The van der Waals surface area contributed by atoms with E-state index in [2.05, 4.69) is 10.6 Å². The third-order valence-electron chi connectivity index (χ3n) is 4.93. The minimum absolute atomic E-state index is 0. The molecule has 154 valence electrons. The van der Waals surface area contributed by atoms with Gasteiger partial charge in [-0.3, -0.25) is 4.79 Å². The van der Waals surface area contributed by atoms with Crippen LogP contribution < -0.4 is 10.6 Å². The summed E-state index contributed by atoms with van der Waals surface area (Å²) in [6.07, 6.45) is 2.03. The summed E-state index contributed by atoms with van der Waals surface area (Å²) in [5, 5.41) is 6.00. The van der Waals surface area contributed by atoms with Crippen LogP contribution in [0.1, 0.15) is 36.0 Å². The monoisotopic (exact) mass is 417 g/mol. The first-order valence-electron chi connectivity index (χ1n) is 9.27. The third-order valence-corrected chi connectivity index (χ3v) is 7.13. The third kappa shape index (κ3) is 5.91. The number of sulfonamides is 1. The molecule has 1 aromatic rings. The summed E-state index contributed by atoms with van der Waals surface area (Å²) in [4.78, 5) is 12.6. The number of carbonyl (C=O) groups excluding carboxylic acids is 1. The molecule has 0 saturated carbocycles. The van der Waals surface area contributed by atoms with Gasteiger partial charge >= 0.3 is 0 Å². The van der Waals surface area contributed by atoms with Crippen LogP contribution in [0.3, 0.4) is 0 Å². The fraction of sp³-hybridized carbons (Fsp3) is 0.632. The maximum Gasteiger partial charge on any atom is 0.243 e. The molecular weight excluding hydrogens is 386 g/mol. The van der Waals surface area contributed by atoms with Crippen LogP contribution in [0, 0.1) is 26.7 Å². The molecule has 1 saturated heterocycles. The Morgan fingerprint density at radius 2 is 1.67 bits per heavy atom. The summed E-state index contributed by atoms with van der Waals surface area (Å²) < 4.78 is 27.7. The number of halogens is 1. The van der Waals surface area contributed by atoms with Crippen molar-refractivity contribution in [2.45, 2.75) is 44.9 Å². The number of rotatable bonds is 7. The number of nitrogens with zero attached hydrogens (tertiary/aromatic N) is 1. The number of hydrogen-bond donors (Lipinski definition) is 2. The van der Waals surface area contributed by atoms with Crippen molar-refractivity contribution in [3.63, 3.8) is 0 Å². The molecule has 0 unspecified atom stereocenters. The number of piperidine rings is 1. The van der Waals surface area contributed by atoms with E-state index in [4.69, 9.17) is 0 Å². The molecule has 0 aromatic heterocycles. The summed E-state index contributed by atoms with van der Waals surface area (Å²) >= 11 is 0. The maximum absolute atomic E-state index is 13.1. The molecule has 8 heteroatoms. The second kappa shape index (κ2) is 10.4. The highest BCUT2D eigenvalue weighted by Crippen LogP contribution is 2.28. The van der Waals surface area contributed by atoms with Crippen molar-refractivity contribution >= 4 is 28.3 Å². The zero-order valence-corrected chi connectivity index (χ0v) is 18.3. The van der Waals surface area contributed by atoms with E-state index in [1.807, 2.05) is 40.0 Å². The van der Waals surface area contributed by atoms with Gasteiger partial charge in [0.25, 0.3) is 0 Å². The first-order valence-corrected chi connectivity index (χ1v) is 10.7. The lowest BCUT2D eigenvalue weighted by Gasteiger charge is -2.31. The second-order valence-corrected chi connectivity index (χ2v) is 9.03. The number of carbonyl (C=O) groups is 1. The summed E-state index contributed by atoms with van der Waals surface area (Å²) in [6.45, 7) is 7.97. The minimum Gasteiger partial charge on any atom is -0.356 e. The highest BCUT2D eigenvalue weighted by Gasteiger charge is 2.33. The number of benzene rings is 1. The molecule has 1 aliphatic rings. The van der Waals surface area contributed by atoms with E-state index in [9.17, 15) is 13.2 Å². The highest BCUT2D eigenvalue weighted by molar-refractivity contribution is 7.89. The molecule has 0 aliphatic carbocycles. The van der Waals surface area contributed by atoms with Crippen molar-refractivity contribution in [3.05, 3.63) is 28.8 Å². The van der Waals surface area contributed by atoms with E-state index in [0.29, 0.717) is 37.4 Å². The number of nitrogens with one attached hydrogen (secondary N) is 2. The molecule has 1 heterocycles. The average Bonchev–Trinajstić information content (AvgIpc) is 2.57. The van der Waals surface area contributed by atoms with Crippen LogP contribution in [0.2, 0.25) is 0 Å². The molecule has 2 rings (SSSR count). The van der Waals surface area contributed by atoms with Gasteiger partial charge in [-0.15, -0.1) is 12.4 Å². The van der Waals surface area contributed by atoms with Crippen LogP contribution >= 0.6 is 12.4 Å². The Morgan fingerprint density at radius 3 is 2.19 bits per heavy atom. The normalized spacial score (nSPS) is 16.0.